The molecule has 156 valence electrons. The maximum Gasteiger partial charge on any atom is 0.319 e. The number of amides is 2. The van der Waals surface area contributed by atoms with Gasteiger partial charge in [-0.3, -0.25) is 0 Å². The molecule has 0 radical (unpaired) electrons. The number of hydrogen-bond acceptors (Lipinski definition) is 5. The molecule has 0 bridgehead atoms. The van der Waals surface area contributed by atoms with Crippen LogP contribution in [-0.4, -0.2) is 29.1 Å². The second-order valence-corrected chi connectivity index (χ2v) is 7.17. The van der Waals surface area contributed by atoms with Gasteiger partial charge in [-0.05, 0) is 49.6 Å². The van der Waals surface area contributed by atoms with E-state index in [0.717, 1.165) is 34.5 Å². The van der Waals surface area contributed by atoms with Gasteiger partial charge in [0.25, 0.3) is 0 Å². The molecule has 0 aliphatic rings. The van der Waals surface area contributed by atoms with Crippen LogP contribution in [-0.2, 0) is 6.42 Å². The summed E-state index contributed by atoms with van der Waals surface area (Å²) in [5, 5.41) is 9.46. The second kappa shape index (κ2) is 9.93. The number of nitrogens with one attached hydrogen (secondary N) is 3. The van der Waals surface area contributed by atoms with Crippen LogP contribution in [0.25, 0.3) is 11.3 Å². The van der Waals surface area contributed by atoms with E-state index in [9.17, 15) is 4.79 Å². The average Bonchev–Trinajstić information content (AvgIpc) is 2.71. The van der Waals surface area contributed by atoms with Crippen molar-refractivity contribution in [3.8, 4) is 11.3 Å². The quantitative estimate of drug-likeness (QED) is 0.447. The Hall–Kier alpha value is -3.32. The maximum absolute atomic E-state index is 11.6. The highest BCUT2D eigenvalue weighted by atomic mass is 35.5. The molecule has 7 nitrogen and oxygen atoms in total. The van der Waals surface area contributed by atoms with E-state index in [1.807, 2.05) is 62.4 Å². The molecule has 0 saturated heterocycles. The highest BCUT2D eigenvalue weighted by Gasteiger charge is 2.09. The van der Waals surface area contributed by atoms with Crippen LogP contribution in [0.1, 0.15) is 18.1 Å². The lowest BCUT2D eigenvalue weighted by atomic mass is 10.1. The highest BCUT2D eigenvalue weighted by Crippen LogP contribution is 2.28. The van der Waals surface area contributed by atoms with Crippen molar-refractivity contribution in [2.24, 2.45) is 0 Å². The van der Waals surface area contributed by atoms with Gasteiger partial charge in [-0.1, -0.05) is 35.9 Å². The van der Waals surface area contributed by atoms with E-state index in [1.54, 1.807) is 0 Å². The third-order valence-corrected chi connectivity index (χ3v) is 4.97. The molecule has 2 aromatic carbocycles. The number of nitrogens with two attached hydrogens (primary N) is 1. The van der Waals surface area contributed by atoms with Crippen LogP contribution in [0, 0.1) is 6.92 Å². The van der Waals surface area contributed by atoms with Crippen LogP contribution in [0.4, 0.5) is 22.2 Å². The van der Waals surface area contributed by atoms with Crippen LogP contribution in [0.5, 0.6) is 0 Å². The molecule has 1 heterocycles. The molecule has 0 saturated carbocycles. The summed E-state index contributed by atoms with van der Waals surface area (Å²) in [5.74, 6) is 0.863. The van der Waals surface area contributed by atoms with Crippen LogP contribution in [0.3, 0.4) is 0 Å². The Labute approximate surface area is 181 Å². The van der Waals surface area contributed by atoms with Crippen LogP contribution >= 0.6 is 11.6 Å². The van der Waals surface area contributed by atoms with Crippen LogP contribution < -0.4 is 21.7 Å². The third-order valence-electron chi connectivity index (χ3n) is 4.56. The van der Waals surface area contributed by atoms with Gasteiger partial charge in [0.1, 0.15) is 5.82 Å². The zero-order valence-corrected chi connectivity index (χ0v) is 17.8. The molecule has 0 aliphatic carbocycles. The minimum absolute atomic E-state index is 0.204. The molecule has 5 N–H and O–H groups in total. The summed E-state index contributed by atoms with van der Waals surface area (Å²) >= 11 is 6.23. The fourth-order valence-electron chi connectivity index (χ4n) is 3.00. The molecule has 30 heavy (non-hydrogen) atoms. The summed E-state index contributed by atoms with van der Waals surface area (Å²) < 4.78 is 0. The van der Waals surface area contributed by atoms with E-state index in [2.05, 4.69) is 25.9 Å². The van der Waals surface area contributed by atoms with Crippen molar-refractivity contribution in [3.63, 3.8) is 0 Å². The zero-order valence-electron chi connectivity index (χ0n) is 17.0. The van der Waals surface area contributed by atoms with E-state index in [4.69, 9.17) is 17.3 Å². The number of urea groups is 1. The van der Waals surface area contributed by atoms with Gasteiger partial charge in [0, 0.05) is 35.4 Å². The molecule has 2 amide bonds. The maximum atomic E-state index is 11.6. The molecule has 3 rings (SSSR count). The van der Waals surface area contributed by atoms with Gasteiger partial charge in [-0.2, -0.15) is 4.98 Å². The van der Waals surface area contributed by atoms with E-state index in [0.29, 0.717) is 23.9 Å². The summed E-state index contributed by atoms with van der Waals surface area (Å²) in [7, 11) is 0. The molecule has 0 spiro atoms. The number of rotatable bonds is 7. The lowest BCUT2D eigenvalue weighted by Crippen LogP contribution is -2.28. The summed E-state index contributed by atoms with van der Waals surface area (Å²) in [6.07, 6.45) is 0.789. The average molecular weight is 425 g/mol. The second-order valence-electron chi connectivity index (χ2n) is 6.77. The normalized spacial score (nSPS) is 10.5. The summed E-state index contributed by atoms with van der Waals surface area (Å²) in [6.45, 7) is 5.09. The fraction of sp³-hybridized carbons (Fsp3) is 0.227. The van der Waals surface area contributed by atoms with Crippen molar-refractivity contribution >= 4 is 35.1 Å². The number of nitrogens with zero attached hydrogens (tertiary/aromatic N) is 2. The standard InChI is InChI=1S/C22H25ClN6O/c1-3-25-22(30)27-16-9-7-15(8-10-16)11-12-26-20-13-19(28-21(24)29-20)17-5-4-6-18(23)14(17)2/h4-10,13H,3,11-12H2,1-2H3,(H2,25,27,30)(H3,24,26,28,29). The lowest BCUT2D eigenvalue weighted by molar-refractivity contribution is 0.252. The van der Waals surface area contributed by atoms with Crippen LogP contribution in [0.2, 0.25) is 5.02 Å². The molecule has 0 fully saturated rings. The molecule has 0 atom stereocenters. The van der Waals surface area contributed by atoms with Crippen molar-refractivity contribution in [1.82, 2.24) is 15.3 Å². The predicted molar refractivity (Wildman–Crippen MR) is 123 cm³/mol. The molecule has 0 unspecified atom stereocenters. The van der Waals surface area contributed by atoms with Crippen molar-refractivity contribution in [3.05, 3.63) is 64.7 Å². The number of halogens is 1. The first kappa shape index (κ1) is 21.4. The SMILES string of the molecule is CCNC(=O)Nc1ccc(CCNc2cc(-c3cccc(Cl)c3C)nc(N)n2)cc1. The van der Waals surface area contributed by atoms with Crippen molar-refractivity contribution in [2.75, 3.05) is 29.5 Å². The Kier molecular flexibility index (Phi) is 7.08. The minimum atomic E-state index is -0.209. The van der Waals surface area contributed by atoms with Gasteiger partial charge in [0.05, 0.1) is 5.69 Å². The smallest absolute Gasteiger partial charge is 0.319 e. The topological polar surface area (TPSA) is 105 Å². The number of carbonyl (C=O) groups excluding carboxylic acids is 1. The first-order chi connectivity index (χ1) is 14.5. The number of aromatic nitrogens is 2. The minimum Gasteiger partial charge on any atom is -0.370 e. The summed E-state index contributed by atoms with van der Waals surface area (Å²) in [6, 6.07) is 15.1. The lowest BCUT2D eigenvalue weighted by Gasteiger charge is -2.11. The molecular formula is C22H25ClN6O. The first-order valence-corrected chi connectivity index (χ1v) is 10.1. The monoisotopic (exact) mass is 424 g/mol. The summed E-state index contributed by atoms with van der Waals surface area (Å²) in [5.41, 5.74) is 10.4. The van der Waals surface area contributed by atoms with Gasteiger partial charge in [0.15, 0.2) is 0 Å². The number of benzene rings is 2. The van der Waals surface area contributed by atoms with Gasteiger partial charge in [0.2, 0.25) is 5.95 Å². The van der Waals surface area contributed by atoms with E-state index in [-0.39, 0.29) is 12.0 Å². The largest absolute Gasteiger partial charge is 0.370 e. The van der Waals surface area contributed by atoms with Gasteiger partial charge in [-0.15, -0.1) is 0 Å². The van der Waals surface area contributed by atoms with Crippen molar-refractivity contribution in [1.29, 1.82) is 0 Å². The number of hydrogen-bond donors (Lipinski definition) is 4. The highest BCUT2D eigenvalue weighted by molar-refractivity contribution is 6.31. The molecule has 0 aliphatic heterocycles. The Bertz CT molecular complexity index is 1020. The molecule has 1 aromatic heterocycles. The Morgan fingerprint density at radius 1 is 1.13 bits per heavy atom. The summed E-state index contributed by atoms with van der Waals surface area (Å²) in [4.78, 5) is 20.2. The number of carbonyl (C=O) groups is 1. The number of anilines is 3. The van der Waals surface area contributed by atoms with E-state index in [1.165, 1.54) is 0 Å². The van der Waals surface area contributed by atoms with Gasteiger partial charge < -0.3 is 21.7 Å². The third kappa shape index (κ3) is 5.61. The Balaban J connectivity index is 1.62. The van der Waals surface area contributed by atoms with E-state index < -0.39 is 0 Å². The molecule has 8 heteroatoms. The van der Waals surface area contributed by atoms with Gasteiger partial charge >= 0.3 is 6.03 Å². The fourth-order valence-corrected chi connectivity index (χ4v) is 3.18. The first-order valence-electron chi connectivity index (χ1n) is 9.74. The number of nitrogen functional groups attached to an aromatic ring is 1. The van der Waals surface area contributed by atoms with Gasteiger partial charge in [-0.25, -0.2) is 9.78 Å². The predicted octanol–water partition coefficient (Wildman–Crippen LogP) is 4.48. The van der Waals surface area contributed by atoms with Crippen LogP contribution in [0.15, 0.2) is 48.5 Å². The Morgan fingerprint density at radius 3 is 2.63 bits per heavy atom. The van der Waals surface area contributed by atoms with Crippen molar-refractivity contribution in [2.45, 2.75) is 20.3 Å². The Morgan fingerprint density at radius 2 is 1.90 bits per heavy atom. The van der Waals surface area contributed by atoms with E-state index >= 15 is 0 Å². The van der Waals surface area contributed by atoms with Crippen molar-refractivity contribution < 1.29 is 4.79 Å². The zero-order chi connectivity index (χ0) is 21.5. The molecule has 3 aromatic rings. The molecular weight excluding hydrogens is 400 g/mol.